The Morgan fingerprint density at radius 1 is 1.08 bits per heavy atom. The third-order valence-electron chi connectivity index (χ3n) is 5.56. The summed E-state index contributed by atoms with van der Waals surface area (Å²) in [5.74, 6) is 4.56. The van der Waals surface area contributed by atoms with Gasteiger partial charge in [0.15, 0.2) is 11.6 Å². The fourth-order valence-electron chi connectivity index (χ4n) is 3.89. The molecule has 1 heterocycles. The number of hydrogen-bond donors (Lipinski definition) is 3. The number of carbonyl (C=O) groups excluding carboxylic acids is 2. The number of benzene rings is 3. The zero-order valence-electron chi connectivity index (χ0n) is 20.0. The molecule has 38 heavy (non-hydrogen) atoms. The summed E-state index contributed by atoms with van der Waals surface area (Å²) in [4.78, 5) is 27.6. The van der Waals surface area contributed by atoms with E-state index < -0.39 is 11.6 Å². The first-order valence-electron chi connectivity index (χ1n) is 11.3. The minimum Gasteiger partial charge on any atom is -0.383 e. The third kappa shape index (κ3) is 5.47. The number of nitrogens with two attached hydrogens (primary N) is 1. The van der Waals surface area contributed by atoms with Crippen LogP contribution in [-0.4, -0.2) is 35.0 Å². The van der Waals surface area contributed by atoms with Crippen LogP contribution >= 0.6 is 23.2 Å². The van der Waals surface area contributed by atoms with Crippen LogP contribution in [0.3, 0.4) is 0 Å². The first-order chi connectivity index (χ1) is 18.2. The van der Waals surface area contributed by atoms with Crippen molar-refractivity contribution >= 4 is 47.0 Å². The second-order valence-electron chi connectivity index (χ2n) is 8.11. The van der Waals surface area contributed by atoms with Gasteiger partial charge in [-0.05, 0) is 42.5 Å². The Morgan fingerprint density at radius 2 is 1.84 bits per heavy atom. The molecule has 0 saturated carbocycles. The number of rotatable bonds is 9. The number of hydrogen-bond acceptors (Lipinski definition) is 5. The van der Waals surface area contributed by atoms with E-state index in [9.17, 15) is 14.0 Å². The van der Waals surface area contributed by atoms with Crippen LogP contribution < -0.4 is 21.5 Å². The normalized spacial score (nSPS) is 10.8. The van der Waals surface area contributed by atoms with Gasteiger partial charge >= 0.3 is 0 Å². The maximum Gasteiger partial charge on any atom is 0.229 e. The van der Waals surface area contributed by atoms with Crippen LogP contribution in [0.2, 0.25) is 10.0 Å². The summed E-state index contributed by atoms with van der Waals surface area (Å²) >= 11 is 12.2. The number of amides is 2. The predicted octanol–water partition coefficient (Wildman–Crippen LogP) is 5.18. The Labute approximate surface area is 226 Å². The lowest BCUT2D eigenvalue weighted by atomic mass is 10.1. The number of nitrogens with zero attached hydrogens (tertiary/aromatic N) is 3. The van der Waals surface area contributed by atoms with E-state index in [2.05, 4.69) is 15.6 Å². The molecule has 2 amide bonds. The number of para-hydroxylation sites is 1. The minimum atomic E-state index is -0.750. The van der Waals surface area contributed by atoms with Crippen LogP contribution in [0.15, 0.2) is 60.7 Å². The summed E-state index contributed by atoms with van der Waals surface area (Å²) in [6.07, 6.45) is 0.344. The lowest BCUT2D eigenvalue weighted by Crippen LogP contribution is -2.29. The molecule has 1 aromatic heterocycles. The van der Waals surface area contributed by atoms with Gasteiger partial charge in [0.1, 0.15) is 11.6 Å². The van der Waals surface area contributed by atoms with Crippen LogP contribution in [0.25, 0.3) is 28.3 Å². The van der Waals surface area contributed by atoms with Gasteiger partial charge in [-0.1, -0.05) is 41.4 Å². The lowest BCUT2D eigenvalue weighted by Gasteiger charge is -2.17. The van der Waals surface area contributed by atoms with E-state index in [4.69, 9.17) is 29.0 Å². The number of hydrazine groups is 1. The molecule has 0 aliphatic rings. The van der Waals surface area contributed by atoms with Crippen LogP contribution in [0.4, 0.5) is 20.3 Å². The molecule has 0 unspecified atom stereocenters. The van der Waals surface area contributed by atoms with E-state index >= 15 is 4.39 Å². The van der Waals surface area contributed by atoms with Crippen molar-refractivity contribution in [3.63, 3.8) is 0 Å². The van der Waals surface area contributed by atoms with Gasteiger partial charge < -0.3 is 10.6 Å². The van der Waals surface area contributed by atoms with E-state index in [1.165, 1.54) is 35.8 Å². The second kappa shape index (κ2) is 11.6. The number of nitrogens with one attached hydrogen (secondary N) is 2. The molecule has 196 valence electrons. The van der Waals surface area contributed by atoms with Crippen molar-refractivity contribution in [3.8, 4) is 28.3 Å². The molecule has 12 heteroatoms. The average Bonchev–Trinajstić information content (AvgIpc) is 3.29. The molecule has 0 spiro atoms. The molecule has 4 aromatic rings. The van der Waals surface area contributed by atoms with Crippen molar-refractivity contribution in [1.29, 1.82) is 0 Å². The van der Waals surface area contributed by atoms with Gasteiger partial charge in [0.25, 0.3) is 0 Å². The number of carbonyl (C=O) groups is 2. The van der Waals surface area contributed by atoms with Crippen molar-refractivity contribution in [1.82, 2.24) is 14.9 Å². The van der Waals surface area contributed by atoms with Crippen molar-refractivity contribution in [2.45, 2.75) is 6.92 Å². The number of aromatic nitrogens is 2. The quantitative estimate of drug-likeness (QED) is 0.0863. The fourth-order valence-corrected chi connectivity index (χ4v) is 4.24. The Hall–Kier alpha value is -3.99. The first kappa shape index (κ1) is 27.1. The molecule has 3 aromatic carbocycles. The highest BCUT2D eigenvalue weighted by molar-refractivity contribution is 6.31. The maximum absolute atomic E-state index is 15.5. The van der Waals surface area contributed by atoms with Gasteiger partial charge in [0, 0.05) is 36.8 Å². The highest BCUT2D eigenvalue weighted by atomic mass is 35.5. The second-order valence-corrected chi connectivity index (χ2v) is 8.93. The zero-order valence-corrected chi connectivity index (χ0v) is 21.5. The molecule has 4 N–H and O–H groups in total. The molecule has 0 bridgehead atoms. The van der Waals surface area contributed by atoms with Crippen LogP contribution in [0.5, 0.6) is 0 Å². The Kier molecular flexibility index (Phi) is 8.26. The topological polar surface area (TPSA) is 105 Å². The lowest BCUT2D eigenvalue weighted by molar-refractivity contribution is -0.118. The first-order valence-corrected chi connectivity index (χ1v) is 12.1. The summed E-state index contributed by atoms with van der Waals surface area (Å²) in [7, 11) is 0. The highest BCUT2D eigenvalue weighted by Crippen LogP contribution is 2.41. The predicted molar refractivity (Wildman–Crippen MR) is 144 cm³/mol. The van der Waals surface area contributed by atoms with Gasteiger partial charge in [-0.3, -0.25) is 14.2 Å². The Morgan fingerprint density at radius 3 is 2.55 bits per heavy atom. The maximum atomic E-state index is 15.5. The highest BCUT2D eigenvalue weighted by Gasteiger charge is 2.27. The van der Waals surface area contributed by atoms with Crippen molar-refractivity contribution < 1.29 is 18.4 Å². The van der Waals surface area contributed by atoms with Crippen molar-refractivity contribution in [2.24, 2.45) is 5.84 Å². The summed E-state index contributed by atoms with van der Waals surface area (Å²) in [6, 6.07) is 15.4. The summed E-state index contributed by atoms with van der Waals surface area (Å²) < 4.78 is 31.0. The van der Waals surface area contributed by atoms with Gasteiger partial charge in [0.2, 0.25) is 12.3 Å². The van der Waals surface area contributed by atoms with Gasteiger partial charge in [-0.2, -0.15) is 0 Å². The fraction of sp³-hybridized carbons (Fsp3) is 0.115. The van der Waals surface area contributed by atoms with Crippen LogP contribution in [-0.2, 0) is 9.59 Å². The number of imidazole rings is 1. The van der Waals surface area contributed by atoms with E-state index in [0.717, 1.165) is 11.1 Å². The third-order valence-corrected chi connectivity index (χ3v) is 6.15. The zero-order chi connectivity index (χ0) is 27.4. The molecule has 8 nitrogen and oxygen atoms in total. The number of halogens is 4. The van der Waals surface area contributed by atoms with Crippen LogP contribution in [0.1, 0.15) is 6.92 Å². The molecule has 0 aliphatic carbocycles. The van der Waals surface area contributed by atoms with Crippen LogP contribution in [0, 0.1) is 11.6 Å². The smallest absolute Gasteiger partial charge is 0.229 e. The monoisotopic (exact) mass is 558 g/mol. The summed E-state index contributed by atoms with van der Waals surface area (Å²) in [6.45, 7) is 2.15. The van der Waals surface area contributed by atoms with Crippen molar-refractivity contribution in [3.05, 3.63) is 82.3 Å². The van der Waals surface area contributed by atoms with E-state index in [0.29, 0.717) is 36.3 Å². The standard InChI is InChI=1S/C26H22Cl2F2N6O2/c1-15(38)32-11-12-33-21-7-3-2-5-17(21)25-34-26(35(31)14-37)24(16-9-10-20(29)19(28)13-16)36(25)22-8-4-6-18(27)23(22)30/h2-10,13-14,33H,11-12,31H2,1H3,(H,32,38). The Bertz CT molecular complexity index is 1510. The van der Waals surface area contributed by atoms with E-state index in [-0.39, 0.29) is 39.0 Å². The van der Waals surface area contributed by atoms with Gasteiger partial charge in [-0.15, -0.1) is 0 Å². The number of anilines is 2. The molecular formula is C26H22Cl2F2N6O2. The molecule has 0 radical (unpaired) electrons. The van der Waals surface area contributed by atoms with E-state index in [1.807, 2.05) is 0 Å². The van der Waals surface area contributed by atoms with Crippen molar-refractivity contribution in [2.75, 3.05) is 23.4 Å². The molecule has 0 saturated heterocycles. The SMILES string of the molecule is CC(=O)NCCNc1ccccc1-c1nc(N(N)C=O)c(-c2ccc(F)c(Cl)c2)n1-c1cccc(Cl)c1F. The Balaban J connectivity index is 2.02. The molecule has 0 atom stereocenters. The average molecular weight is 559 g/mol. The molecule has 0 fully saturated rings. The molecule has 4 rings (SSSR count). The molecule has 0 aliphatic heterocycles. The minimum absolute atomic E-state index is 0.00838. The summed E-state index contributed by atoms with van der Waals surface area (Å²) in [5, 5.41) is 6.33. The van der Waals surface area contributed by atoms with E-state index in [1.54, 1.807) is 30.3 Å². The molecular weight excluding hydrogens is 537 g/mol. The summed E-state index contributed by atoms with van der Waals surface area (Å²) in [5.41, 5.74) is 1.63. The largest absolute Gasteiger partial charge is 0.383 e. The van der Waals surface area contributed by atoms with Gasteiger partial charge in [-0.25, -0.2) is 24.6 Å². The van der Waals surface area contributed by atoms with Gasteiger partial charge in [0.05, 0.1) is 21.4 Å².